The highest BCUT2D eigenvalue weighted by molar-refractivity contribution is 7.92. The summed E-state index contributed by atoms with van der Waals surface area (Å²) in [5.74, 6) is 0.855. The highest BCUT2D eigenvalue weighted by Gasteiger charge is 2.21. The Balaban J connectivity index is 1.46. The maximum Gasteiger partial charge on any atom is 0.265 e. The number of rotatable bonds is 9. The van der Waals surface area contributed by atoms with Gasteiger partial charge in [-0.2, -0.15) is 0 Å². The zero-order valence-corrected chi connectivity index (χ0v) is 20.0. The maximum absolute atomic E-state index is 13.0. The second-order valence-corrected chi connectivity index (χ2v) is 9.20. The minimum absolute atomic E-state index is 0.121. The molecule has 1 amide bonds. The van der Waals surface area contributed by atoms with Crippen LogP contribution in [-0.2, 0) is 14.8 Å². The Morgan fingerprint density at radius 1 is 0.771 bits per heavy atom. The molecule has 0 radical (unpaired) electrons. The highest BCUT2D eigenvalue weighted by Crippen LogP contribution is 2.29. The molecule has 0 saturated carbocycles. The van der Waals surface area contributed by atoms with Crippen molar-refractivity contribution in [2.24, 2.45) is 0 Å². The molecular formula is C26H24N2O6S. The first kappa shape index (κ1) is 23.9. The van der Waals surface area contributed by atoms with Crippen LogP contribution >= 0.6 is 0 Å². The predicted molar refractivity (Wildman–Crippen MR) is 135 cm³/mol. The minimum atomic E-state index is -4.01. The lowest BCUT2D eigenvalue weighted by molar-refractivity contribution is -0.118. The molecule has 180 valence electrons. The van der Waals surface area contributed by atoms with E-state index in [1.807, 2.05) is 36.4 Å². The number of benzene rings is 4. The quantitative estimate of drug-likeness (QED) is 0.352. The van der Waals surface area contributed by atoms with Gasteiger partial charge < -0.3 is 19.5 Å². The number of sulfonamides is 1. The van der Waals surface area contributed by atoms with Crippen LogP contribution < -0.4 is 24.2 Å². The third-order valence-electron chi connectivity index (χ3n) is 5.17. The van der Waals surface area contributed by atoms with E-state index < -0.39 is 15.9 Å². The molecule has 0 aromatic heterocycles. The Labute approximate surface area is 203 Å². The van der Waals surface area contributed by atoms with Crippen molar-refractivity contribution < 1.29 is 27.4 Å². The number of anilines is 2. The summed E-state index contributed by atoms with van der Waals surface area (Å²) in [6.07, 6.45) is 0. The topological polar surface area (TPSA) is 103 Å². The van der Waals surface area contributed by atoms with Crippen molar-refractivity contribution in [3.05, 3.63) is 84.9 Å². The van der Waals surface area contributed by atoms with E-state index in [1.165, 1.54) is 26.4 Å². The van der Waals surface area contributed by atoms with Crippen LogP contribution in [0.1, 0.15) is 0 Å². The van der Waals surface area contributed by atoms with E-state index in [1.54, 1.807) is 36.4 Å². The molecule has 4 aromatic carbocycles. The first-order valence-electron chi connectivity index (χ1n) is 10.6. The van der Waals surface area contributed by atoms with Gasteiger partial charge in [-0.05, 0) is 65.4 Å². The summed E-state index contributed by atoms with van der Waals surface area (Å²) >= 11 is 0. The zero-order valence-electron chi connectivity index (χ0n) is 19.1. The Hall–Kier alpha value is -4.24. The van der Waals surface area contributed by atoms with Gasteiger partial charge in [-0.15, -0.1) is 0 Å². The van der Waals surface area contributed by atoms with Crippen LogP contribution in [0.15, 0.2) is 89.8 Å². The van der Waals surface area contributed by atoms with Crippen LogP contribution in [-0.4, -0.2) is 35.2 Å². The van der Waals surface area contributed by atoms with Crippen LogP contribution in [0.25, 0.3) is 10.8 Å². The standard InChI is InChI=1S/C26H24N2O6S/c1-32-22-12-8-20(9-13-22)28-35(30,31)25-16-21(10-14-24(25)33-2)27-26(29)17-34-23-11-7-18-5-3-4-6-19(18)15-23/h3-16,28H,17H2,1-2H3,(H,27,29). The normalized spacial score (nSPS) is 11.0. The van der Waals surface area contributed by atoms with E-state index >= 15 is 0 Å². The molecule has 0 fully saturated rings. The van der Waals surface area contributed by atoms with E-state index in [0.717, 1.165) is 10.8 Å². The van der Waals surface area contributed by atoms with Crippen molar-refractivity contribution in [1.82, 2.24) is 0 Å². The molecule has 0 unspecified atom stereocenters. The van der Waals surface area contributed by atoms with Crippen molar-refractivity contribution in [3.63, 3.8) is 0 Å². The van der Waals surface area contributed by atoms with Gasteiger partial charge in [0.15, 0.2) is 6.61 Å². The monoisotopic (exact) mass is 492 g/mol. The van der Waals surface area contributed by atoms with Gasteiger partial charge in [0.05, 0.1) is 14.2 Å². The zero-order chi connectivity index (χ0) is 24.8. The maximum atomic E-state index is 13.0. The van der Waals surface area contributed by atoms with Gasteiger partial charge in [-0.25, -0.2) is 8.42 Å². The molecule has 0 aliphatic rings. The minimum Gasteiger partial charge on any atom is -0.497 e. The molecule has 8 nitrogen and oxygen atoms in total. The Morgan fingerprint density at radius 3 is 2.17 bits per heavy atom. The Kier molecular flexibility index (Phi) is 7.07. The molecule has 0 aliphatic carbocycles. The predicted octanol–water partition coefficient (Wildman–Crippen LogP) is 4.68. The molecule has 35 heavy (non-hydrogen) atoms. The number of nitrogens with one attached hydrogen (secondary N) is 2. The second-order valence-electron chi connectivity index (χ2n) is 7.55. The number of methoxy groups -OCH3 is 2. The number of hydrogen-bond donors (Lipinski definition) is 2. The van der Waals surface area contributed by atoms with E-state index in [9.17, 15) is 13.2 Å². The highest BCUT2D eigenvalue weighted by atomic mass is 32.2. The fourth-order valence-corrected chi connectivity index (χ4v) is 4.69. The number of ether oxygens (including phenoxy) is 3. The summed E-state index contributed by atoms with van der Waals surface area (Å²) in [6, 6.07) is 24.2. The summed E-state index contributed by atoms with van der Waals surface area (Å²) in [5.41, 5.74) is 0.638. The van der Waals surface area contributed by atoms with Crippen LogP contribution in [0.5, 0.6) is 17.2 Å². The van der Waals surface area contributed by atoms with Gasteiger partial charge in [0.2, 0.25) is 0 Å². The third kappa shape index (κ3) is 5.82. The molecule has 0 heterocycles. The van der Waals surface area contributed by atoms with Crippen molar-refractivity contribution in [2.75, 3.05) is 30.9 Å². The molecular weight excluding hydrogens is 468 g/mol. The molecule has 4 rings (SSSR count). The average Bonchev–Trinajstić information content (AvgIpc) is 2.87. The van der Waals surface area contributed by atoms with Crippen molar-refractivity contribution in [3.8, 4) is 17.2 Å². The SMILES string of the molecule is COc1ccc(NS(=O)(=O)c2cc(NC(=O)COc3ccc4ccccc4c3)ccc2OC)cc1. The summed E-state index contributed by atoms with van der Waals surface area (Å²) in [5, 5.41) is 4.73. The van der Waals surface area contributed by atoms with E-state index in [0.29, 0.717) is 17.2 Å². The largest absolute Gasteiger partial charge is 0.497 e. The number of amides is 1. The molecule has 0 bridgehead atoms. The molecule has 0 atom stereocenters. The molecule has 0 aliphatic heterocycles. The van der Waals surface area contributed by atoms with Gasteiger partial charge in [-0.1, -0.05) is 30.3 Å². The number of hydrogen-bond acceptors (Lipinski definition) is 6. The molecule has 0 saturated heterocycles. The summed E-state index contributed by atoms with van der Waals surface area (Å²) in [7, 11) is -1.11. The first-order chi connectivity index (χ1) is 16.9. The summed E-state index contributed by atoms with van der Waals surface area (Å²) in [6.45, 7) is -0.240. The fourth-order valence-electron chi connectivity index (χ4n) is 3.44. The van der Waals surface area contributed by atoms with E-state index in [-0.39, 0.29) is 22.9 Å². The van der Waals surface area contributed by atoms with Crippen LogP contribution in [0.2, 0.25) is 0 Å². The lowest BCUT2D eigenvalue weighted by atomic mass is 10.1. The molecule has 0 spiro atoms. The van der Waals surface area contributed by atoms with E-state index in [4.69, 9.17) is 14.2 Å². The smallest absolute Gasteiger partial charge is 0.265 e. The van der Waals surface area contributed by atoms with Crippen LogP contribution in [0.3, 0.4) is 0 Å². The lowest BCUT2D eigenvalue weighted by Crippen LogP contribution is -2.21. The third-order valence-corrected chi connectivity index (χ3v) is 6.57. The summed E-state index contributed by atoms with van der Waals surface area (Å²) < 4.78 is 44.5. The molecule has 2 N–H and O–H groups in total. The van der Waals surface area contributed by atoms with Crippen LogP contribution in [0, 0.1) is 0 Å². The van der Waals surface area contributed by atoms with E-state index in [2.05, 4.69) is 10.0 Å². The molecule has 4 aromatic rings. The van der Waals surface area contributed by atoms with Gasteiger partial charge >= 0.3 is 0 Å². The van der Waals surface area contributed by atoms with Crippen LogP contribution in [0.4, 0.5) is 11.4 Å². The fraction of sp³-hybridized carbons (Fsp3) is 0.115. The Bertz CT molecular complexity index is 1450. The lowest BCUT2D eigenvalue weighted by Gasteiger charge is -2.14. The number of fused-ring (bicyclic) bond motifs is 1. The molecule has 9 heteroatoms. The summed E-state index contributed by atoms with van der Waals surface area (Å²) in [4.78, 5) is 12.4. The number of carbonyl (C=O) groups excluding carboxylic acids is 1. The average molecular weight is 493 g/mol. The number of carbonyl (C=O) groups is 1. The Morgan fingerprint density at radius 2 is 1.46 bits per heavy atom. The van der Waals surface area contributed by atoms with Gasteiger partial charge in [0.1, 0.15) is 22.1 Å². The van der Waals surface area contributed by atoms with Gasteiger partial charge in [0, 0.05) is 11.4 Å². The van der Waals surface area contributed by atoms with Crippen molar-refractivity contribution in [2.45, 2.75) is 4.90 Å². The second kappa shape index (κ2) is 10.4. The van der Waals surface area contributed by atoms with Gasteiger partial charge in [-0.3, -0.25) is 9.52 Å². The van der Waals surface area contributed by atoms with Gasteiger partial charge in [0.25, 0.3) is 15.9 Å². The van der Waals surface area contributed by atoms with Crippen molar-refractivity contribution in [1.29, 1.82) is 0 Å². The first-order valence-corrected chi connectivity index (χ1v) is 12.1. The van der Waals surface area contributed by atoms with Crippen molar-refractivity contribution >= 4 is 38.1 Å².